The Bertz CT molecular complexity index is 624. The summed E-state index contributed by atoms with van der Waals surface area (Å²) in [4.78, 5) is 3.31. The van der Waals surface area contributed by atoms with Crippen molar-refractivity contribution in [3.63, 3.8) is 0 Å². The molecule has 1 heterocycles. The second-order valence-corrected chi connectivity index (χ2v) is 4.09. The fourth-order valence-corrected chi connectivity index (χ4v) is 1.74. The van der Waals surface area contributed by atoms with Crippen molar-refractivity contribution in [2.24, 2.45) is 0 Å². The molecule has 2 aromatic rings. The predicted molar refractivity (Wildman–Crippen MR) is 63.1 cm³/mol. The van der Waals surface area contributed by atoms with Gasteiger partial charge in [-0.25, -0.2) is 4.39 Å². The van der Waals surface area contributed by atoms with Crippen LogP contribution in [0.3, 0.4) is 0 Å². The lowest BCUT2D eigenvalue weighted by atomic mass is 9.94. The van der Waals surface area contributed by atoms with Gasteiger partial charge < -0.3 is 0 Å². The maximum Gasteiger partial charge on any atom is 0.433 e. The summed E-state index contributed by atoms with van der Waals surface area (Å²) in [6.45, 7) is 0. The third-order valence-corrected chi connectivity index (χ3v) is 2.74. The molecule has 0 aliphatic rings. The normalized spacial score (nSPS) is 12.8. The van der Waals surface area contributed by atoms with E-state index in [4.69, 9.17) is 5.26 Å². The Morgan fingerprint density at radius 2 is 1.60 bits per heavy atom. The molecule has 1 atom stereocenters. The molecular formula is C14H8F4N2. The van der Waals surface area contributed by atoms with Gasteiger partial charge in [-0.3, -0.25) is 4.98 Å². The van der Waals surface area contributed by atoms with Crippen molar-refractivity contribution in [2.45, 2.75) is 12.1 Å². The first kappa shape index (κ1) is 14.0. The third-order valence-electron chi connectivity index (χ3n) is 2.74. The van der Waals surface area contributed by atoms with Crippen LogP contribution in [0.2, 0.25) is 0 Å². The second kappa shape index (κ2) is 5.29. The van der Waals surface area contributed by atoms with E-state index in [2.05, 4.69) is 4.98 Å². The first-order valence-electron chi connectivity index (χ1n) is 5.60. The first-order chi connectivity index (χ1) is 9.41. The Labute approximate surface area is 112 Å². The van der Waals surface area contributed by atoms with E-state index in [0.29, 0.717) is 11.1 Å². The van der Waals surface area contributed by atoms with Gasteiger partial charge in [0.15, 0.2) is 0 Å². The Hall–Kier alpha value is -2.42. The fourth-order valence-electron chi connectivity index (χ4n) is 1.74. The van der Waals surface area contributed by atoms with E-state index in [9.17, 15) is 17.6 Å². The molecule has 0 N–H and O–H groups in total. The Morgan fingerprint density at radius 1 is 1.00 bits per heavy atom. The molecule has 0 saturated heterocycles. The molecule has 1 aromatic carbocycles. The van der Waals surface area contributed by atoms with Gasteiger partial charge in [-0.05, 0) is 29.3 Å². The van der Waals surface area contributed by atoms with E-state index in [-0.39, 0.29) is 0 Å². The van der Waals surface area contributed by atoms with E-state index in [1.165, 1.54) is 30.3 Å². The SMILES string of the molecule is N#C[C@H](c1ccc(F)cc1)c1ccc(C(F)(F)F)nc1. The number of nitriles is 1. The van der Waals surface area contributed by atoms with Crippen LogP contribution in [0.15, 0.2) is 42.6 Å². The molecule has 102 valence electrons. The number of nitrogens with zero attached hydrogens (tertiary/aromatic N) is 2. The minimum Gasteiger partial charge on any atom is -0.251 e. The summed E-state index contributed by atoms with van der Waals surface area (Å²) >= 11 is 0. The molecule has 0 radical (unpaired) electrons. The van der Waals surface area contributed by atoms with Crippen molar-refractivity contribution in [3.8, 4) is 6.07 Å². The quantitative estimate of drug-likeness (QED) is 0.782. The molecule has 1 aromatic heterocycles. The number of aromatic nitrogens is 1. The Morgan fingerprint density at radius 3 is 2.05 bits per heavy atom. The Balaban J connectivity index is 2.34. The summed E-state index contributed by atoms with van der Waals surface area (Å²) in [6, 6.07) is 9.21. The van der Waals surface area contributed by atoms with E-state index >= 15 is 0 Å². The third kappa shape index (κ3) is 2.94. The molecule has 0 aliphatic carbocycles. The van der Waals surface area contributed by atoms with Crippen molar-refractivity contribution >= 4 is 0 Å². The number of hydrogen-bond donors (Lipinski definition) is 0. The van der Waals surface area contributed by atoms with Crippen LogP contribution in [-0.4, -0.2) is 4.98 Å². The first-order valence-corrected chi connectivity index (χ1v) is 5.60. The second-order valence-electron chi connectivity index (χ2n) is 4.09. The van der Waals surface area contributed by atoms with Crippen molar-refractivity contribution in [2.75, 3.05) is 0 Å². The van der Waals surface area contributed by atoms with Gasteiger partial charge in [-0.1, -0.05) is 18.2 Å². The van der Waals surface area contributed by atoms with E-state index < -0.39 is 23.6 Å². The van der Waals surface area contributed by atoms with Crippen LogP contribution < -0.4 is 0 Å². The lowest BCUT2D eigenvalue weighted by Crippen LogP contribution is -2.08. The predicted octanol–water partition coefficient (Wildman–Crippen LogP) is 3.89. The molecule has 20 heavy (non-hydrogen) atoms. The molecule has 2 nitrogen and oxygen atoms in total. The molecule has 0 fully saturated rings. The summed E-state index contributed by atoms with van der Waals surface area (Å²) < 4.78 is 50.0. The van der Waals surface area contributed by atoms with Crippen LogP contribution in [0.4, 0.5) is 17.6 Å². The van der Waals surface area contributed by atoms with Crippen molar-refractivity contribution < 1.29 is 17.6 Å². The Kier molecular flexibility index (Phi) is 3.70. The van der Waals surface area contributed by atoms with Crippen LogP contribution in [-0.2, 0) is 6.18 Å². The fraction of sp³-hybridized carbons (Fsp3) is 0.143. The van der Waals surface area contributed by atoms with Crippen molar-refractivity contribution in [3.05, 3.63) is 65.2 Å². The van der Waals surface area contributed by atoms with Crippen LogP contribution in [0.5, 0.6) is 0 Å². The lowest BCUT2D eigenvalue weighted by Gasteiger charge is -2.11. The van der Waals surface area contributed by atoms with Crippen molar-refractivity contribution in [1.82, 2.24) is 4.98 Å². The van der Waals surface area contributed by atoms with Gasteiger partial charge >= 0.3 is 6.18 Å². The summed E-state index contributed by atoms with van der Waals surface area (Å²) in [5.74, 6) is -1.23. The average molecular weight is 280 g/mol. The van der Waals surface area contributed by atoms with Crippen LogP contribution in [0.25, 0.3) is 0 Å². The molecular weight excluding hydrogens is 272 g/mol. The maximum absolute atomic E-state index is 12.8. The summed E-state index contributed by atoms with van der Waals surface area (Å²) in [5, 5.41) is 9.14. The van der Waals surface area contributed by atoms with Gasteiger partial charge in [0.25, 0.3) is 0 Å². The molecule has 0 bridgehead atoms. The minimum atomic E-state index is -4.52. The van der Waals surface area contributed by atoms with E-state index in [1.54, 1.807) is 0 Å². The number of halogens is 4. The highest BCUT2D eigenvalue weighted by atomic mass is 19.4. The molecule has 0 amide bonds. The van der Waals surface area contributed by atoms with Gasteiger partial charge in [-0.2, -0.15) is 18.4 Å². The summed E-state index contributed by atoms with van der Waals surface area (Å²) in [5.41, 5.74) is -0.195. The van der Waals surface area contributed by atoms with Gasteiger partial charge in [0.05, 0.1) is 12.0 Å². The number of hydrogen-bond acceptors (Lipinski definition) is 2. The van der Waals surface area contributed by atoms with Gasteiger partial charge in [0, 0.05) is 6.20 Å². The molecule has 0 unspecified atom stereocenters. The largest absolute Gasteiger partial charge is 0.433 e. The highest BCUT2D eigenvalue weighted by Gasteiger charge is 2.32. The van der Waals surface area contributed by atoms with E-state index in [1.807, 2.05) is 6.07 Å². The van der Waals surface area contributed by atoms with Gasteiger partial charge in [-0.15, -0.1) is 0 Å². The zero-order chi connectivity index (χ0) is 14.8. The molecule has 0 spiro atoms. The minimum absolute atomic E-state index is 0.326. The standard InChI is InChI=1S/C14H8F4N2/c15-11-4-1-9(2-5-11)12(7-19)10-3-6-13(20-8-10)14(16,17)18/h1-6,8,12H/t12-/m1/s1. The number of alkyl halides is 3. The highest BCUT2D eigenvalue weighted by Crippen LogP contribution is 2.29. The highest BCUT2D eigenvalue weighted by molar-refractivity contribution is 5.37. The summed E-state index contributed by atoms with van der Waals surface area (Å²) in [7, 11) is 0. The topological polar surface area (TPSA) is 36.7 Å². The monoisotopic (exact) mass is 280 g/mol. The van der Waals surface area contributed by atoms with Crippen LogP contribution in [0, 0.1) is 17.1 Å². The van der Waals surface area contributed by atoms with Gasteiger partial charge in [0.1, 0.15) is 11.5 Å². The van der Waals surface area contributed by atoms with Crippen LogP contribution >= 0.6 is 0 Å². The molecule has 0 saturated carbocycles. The molecule has 6 heteroatoms. The smallest absolute Gasteiger partial charge is 0.251 e. The number of rotatable bonds is 2. The number of benzene rings is 1. The molecule has 2 rings (SSSR count). The van der Waals surface area contributed by atoms with E-state index in [0.717, 1.165) is 12.3 Å². The number of pyridine rings is 1. The zero-order valence-electron chi connectivity index (χ0n) is 10.0. The molecule has 0 aliphatic heterocycles. The van der Waals surface area contributed by atoms with Crippen molar-refractivity contribution in [1.29, 1.82) is 5.26 Å². The average Bonchev–Trinajstić information content (AvgIpc) is 2.41. The zero-order valence-corrected chi connectivity index (χ0v) is 10.0. The lowest BCUT2D eigenvalue weighted by molar-refractivity contribution is -0.141. The maximum atomic E-state index is 12.8. The van der Waals surface area contributed by atoms with Crippen LogP contribution in [0.1, 0.15) is 22.7 Å². The van der Waals surface area contributed by atoms with Gasteiger partial charge in [0.2, 0.25) is 0 Å². The summed E-state index contributed by atoms with van der Waals surface area (Å²) in [6.07, 6.45) is -3.50.